The molecule has 0 fully saturated rings. The van der Waals surface area contributed by atoms with Crippen molar-refractivity contribution in [3.8, 4) is 6.07 Å². The Morgan fingerprint density at radius 2 is 2.54 bits per heavy atom. The van der Waals surface area contributed by atoms with Crippen molar-refractivity contribution in [1.82, 2.24) is 15.1 Å². The van der Waals surface area contributed by atoms with Crippen LogP contribution in [-0.2, 0) is 6.54 Å². The molecule has 0 amide bonds. The fourth-order valence-electron chi connectivity index (χ4n) is 0.919. The van der Waals surface area contributed by atoms with Crippen LogP contribution in [0.25, 0.3) is 0 Å². The van der Waals surface area contributed by atoms with Crippen LogP contribution in [0.1, 0.15) is 6.92 Å². The fraction of sp³-hybridized carbons (Fsp3) is 0.500. The Balaban J connectivity index is 2.74. The van der Waals surface area contributed by atoms with E-state index >= 15 is 0 Å². The lowest BCUT2D eigenvalue weighted by Gasteiger charge is -2.20. The Kier molecular flexibility index (Phi) is 3.27. The van der Waals surface area contributed by atoms with E-state index in [1.54, 1.807) is 17.9 Å². The van der Waals surface area contributed by atoms with Crippen LogP contribution >= 0.6 is 22.6 Å². The molecule has 0 saturated heterocycles. The Labute approximate surface area is 91.1 Å². The molecule has 1 heterocycles. The molecule has 1 unspecified atom stereocenters. The molecular weight excluding hydrogens is 279 g/mol. The minimum absolute atomic E-state index is 0.547. The highest BCUT2D eigenvalue weighted by Crippen LogP contribution is 2.07. The maximum atomic E-state index is 8.90. The number of nitrogens with zero attached hydrogens (tertiary/aromatic N) is 3. The molecule has 0 spiro atoms. The van der Waals surface area contributed by atoms with Crippen LogP contribution in [0.3, 0.4) is 0 Å². The van der Waals surface area contributed by atoms with Gasteiger partial charge in [-0.15, -0.1) is 0 Å². The Morgan fingerprint density at radius 1 is 1.85 bits per heavy atom. The van der Waals surface area contributed by atoms with Crippen molar-refractivity contribution in [2.75, 3.05) is 7.05 Å². The van der Waals surface area contributed by atoms with Crippen LogP contribution in [0, 0.1) is 14.9 Å². The summed E-state index contributed by atoms with van der Waals surface area (Å²) in [6, 6.07) is 2.21. The summed E-state index contributed by atoms with van der Waals surface area (Å²) in [4.78, 5) is 0. The van der Waals surface area contributed by atoms with Crippen LogP contribution in [-0.4, -0.2) is 22.4 Å². The first-order valence-corrected chi connectivity index (χ1v) is 4.95. The predicted molar refractivity (Wildman–Crippen MR) is 58.0 cm³/mol. The van der Waals surface area contributed by atoms with Crippen molar-refractivity contribution in [2.24, 2.45) is 0 Å². The van der Waals surface area contributed by atoms with E-state index in [9.17, 15) is 0 Å². The highest BCUT2D eigenvalue weighted by molar-refractivity contribution is 14.1. The first kappa shape index (κ1) is 10.5. The van der Waals surface area contributed by atoms with Gasteiger partial charge in [-0.05, 0) is 36.6 Å². The third-order valence-corrected chi connectivity index (χ3v) is 2.44. The van der Waals surface area contributed by atoms with Crippen LogP contribution in [0.5, 0.6) is 0 Å². The van der Waals surface area contributed by atoms with Gasteiger partial charge in [0.05, 0.1) is 22.4 Å². The molecule has 0 radical (unpaired) electrons. The molecule has 1 rings (SSSR count). The maximum absolute atomic E-state index is 8.90. The lowest BCUT2D eigenvalue weighted by atomic mass is 10.1. The number of aromatic nitrogens is 2. The molecule has 0 aliphatic rings. The largest absolute Gasteiger partial charge is 0.301 e. The molecule has 0 bridgehead atoms. The average molecular weight is 290 g/mol. The van der Waals surface area contributed by atoms with Crippen molar-refractivity contribution >= 4 is 22.6 Å². The van der Waals surface area contributed by atoms with Gasteiger partial charge in [-0.25, -0.2) is 0 Å². The third kappa shape index (κ3) is 2.67. The second-order valence-electron chi connectivity index (χ2n) is 3.05. The van der Waals surface area contributed by atoms with Crippen molar-refractivity contribution in [2.45, 2.75) is 19.0 Å². The summed E-state index contributed by atoms with van der Waals surface area (Å²) < 4.78 is 2.84. The third-order valence-electron chi connectivity index (χ3n) is 1.88. The summed E-state index contributed by atoms with van der Waals surface area (Å²) in [5, 5.41) is 16.0. The molecule has 13 heavy (non-hydrogen) atoms. The summed E-state index contributed by atoms with van der Waals surface area (Å²) >= 11 is 2.19. The van der Waals surface area contributed by atoms with Gasteiger partial charge in [-0.1, -0.05) is 0 Å². The van der Waals surface area contributed by atoms with Crippen molar-refractivity contribution in [3.63, 3.8) is 0 Å². The number of nitriles is 1. The van der Waals surface area contributed by atoms with Gasteiger partial charge in [0.1, 0.15) is 5.54 Å². The summed E-state index contributed by atoms with van der Waals surface area (Å²) in [7, 11) is 1.78. The van der Waals surface area contributed by atoms with Crippen LogP contribution in [0.15, 0.2) is 12.4 Å². The quantitative estimate of drug-likeness (QED) is 0.845. The summed E-state index contributed by atoms with van der Waals surface area (Å²) in [5.41, 5.74) is -0.547. The zero-order valence-electron chi connectivity index (χ0n) is 7.58. The standard InChI is InChI=1S/C8H11IN4/c1-8(5-10,11-2)6-13-4-7(9)3-12-13/h3-4,11H,6H2,1-2H3. The second kappa shape index (κ2) is 4.07. The number of nitrogens with one attached hydrogen (secondary N) is 1. The van der Waals surface area contributed by atoms with Gasteiger partial charge in [-0.2, -0.15) is 10.4 Å². The van der Waals surface area contributed by atoms with E-state index in [4.69, 9.17) is 5.26 Å². The molecule has 1 N–H and O–H groups in total. The summed E-state index contributed by atoms with van der Waals surface area (Å²) in [5.74, 6) is 0. The highest BCUT2D eigenvalue weighted by Gasteiger charge is 2.21. The molecule has 70 valence electrons. The SMILES string of the molecule is CNC(C)(C#N)Cn1cc(I)cn1. The number of hydrogen-bond acceptors (Lipinski definition) is 3. The van der Waals surface area contributed by atoms with Crippen molar-refractivity contribution in [1.29, 1.82) is 5.26 Å². The number of hydrogen-bond donors (Lipinski definition) is 1. The minimum atomic E-state index is -0.547. The van der Waals surface area contributed by atoms with E-state index in [1.807, 2.05) is 13.1 Å². The first-order valence-electron chi connectivity index (χ1n) is 3.88. The zero-order chi connectivity index (χ0) is 9.90. The fourth-order valence-corrected chi connectivity index (χ4v) is 1.37. The molecule has 5 heteroatoms. The first-order chi connectivity index (χ1) is 6.09. The molecule has 1 aromatic rings. The van der Waals surface area contributed by atoms with E-state index in [-0.39, 0.29) is 0 Å². The molecule has 1 atom stereocenters. The highest BCUT2D eigenvalue weighted by atomic mass is 127. The predicted octanol–water partition coefficient (Wildman–Crippen LogP) is 0.989. The topological polar surface area (TPSA) is 53.6 Å². The monoisotopic (exact) mass is 290 g/mol. The van der Waals surface area contributed by atoms with Crippen molar-refractivity contribution in [3.05, 3.63) is 16.0 Å². The van der Waals surface area contributed by atoms with Gasteiger partial charge >= 0.3 is 0 Å². The van der Waals surface area contributed by atoms with E-state index in [1.165, 1.54) is 0 Å². The smallest absolute Gasteiger partial charge is 0.123 e. The molecule has 0 aliphatic carbocycles. The van der Waals surface area contributed by atoms with E-state index in [2.05, 4.69) is 39.1 Å². The molecular formula is C8H11IN4. The number of likely N-dealkylation sites (N-methyl/N-ethyl adjacent to an activating group) is 1. The Hall–Kier alpha value is -0.610. The Bertz CT molecular complexity index is 327. The lowest BCUT2D eigenvalue weighted by molar-refractivity contribution is 0.396. The van der Waals surface area contributed by atoms with Crippen LogP contribution < -0.4 is 5.32 Å². The van der Waals surface area contributed by atoms with Gasteiger partial charge in [-0.3, -0.25) is 4.68 Å². The molecule has 1 aromatic heterocycles. The molecule has 0 saturated carbocycles. The van der Waals surface area contributed by atoms with Gasteiger partial charge in [0.15, 0.2) is 0 Å². The van der Waals surface area contributed by atoms with E-state index in [0.29, 0.717) is 6.54 Å². The Morgan fingerprint density at radius 3 is 2.92 bits per heavy atom. The summed E-state index contributed by atoms with van der Waals surface area (Å²) in [6.45, 7) is 2.41. The van der Waals surface area contributed by atoms with Gasteiger partial charge in [0, 0.05) is 6.20 Å². The van der Waals surface area contributed by atoms with Gasteiger partial charge in [0.25, 0.3) is 0 Å². The molecule has 0 aromatic carbocycles. The molecule has 0 aliphatic heterocycles. The van der Waals surface area contributed by atoms with E-state index in [0.717, 1.165) is 3.57 Å². The average Bonchev–Trinajstić information content (AvgIpc) is 2.51. The van der Waals surface area contributed by atoms with Crippen LogP contribution in [0.4, 0.5) is 0 Å². The maximum Gasteiger partial charge on any atom is 0.123 e. The van der Waals surface area contributed by atoms with E-state index < -0.39 is 5.54 Å². The normalized spacial score (nSPS) is 14.9. The van der Waals surface area contributed by atoms with Gasteiger partial charge in [0.2, 0.25) is 0 Å². The number of rotatable bonds is 3. The van der Waals surface area contributed by atoms with Crippen LogP contribution in [0.2, 0.25) is 0 Å². The van der Waals surface area contributed by atoms with Crippen molar-refractivity contribution < 1.29 is 0 Å². The zero-order valence-corrected chi connectivity index (χ0v) is 9.74. The lowest BCUT2D eigenvalue weighted by Crippen LogP contribution is -2.42. The second-order valence-corrected chi connectivity index (χ2v) is 4.30. The number of halogens is 1. The van der Waals surface area contributed by atoms with Gasteiger partial charge < -0.3 is 5.32 Å². The molecule has 4 nitrogen and oxygen atoms in total. The minimum Gasteiger partial charge on any atom is -0.301 e. The summed E-state index contributed by atoms with van der Waals surface area (Å²) in [6.07, 6.45) is 3.68.